The lowest BCUT2D eigenvalue weighted by molar-refractivity contribution is 0.114. The predicted molar refractivity (Wildman–Crippen MR) is 125 cm³/mol. The van der Waals surface area contributed by atoms with Crippen LogP contribution in [0.4, 0.5) is 10.1 Å². The van der Waals surface area contributed by atoms with Gasteiger partial charge in [0.25, 0.3) is 0 Å². The van der Waals surface area contributed by atoms with Gasteiger partial charge in [-0.2, -0.15) is 4.31 Å². The minimum absolute atomic E-state index is 0.0858. The highest BCUT2D eigenvalue weighted by atomic mass is 32.2. The van der Waals surface area contributed by atoms with Crippen LogP contribution in [0.1, 0.15) is 12.8 Å². The molecule has 186 valence electrons. The summed E-state index contributed by atoms with van der Waals surface area (Å²) in [5.41, 5.74) is 0.547. The molecule has 4 rings (SSSR count). The average Bonchev–Trinajstić information content (AvgIpc) is 3.36. The third-order valence-corrected chi connectivity index (χ3v) is 9.37. The van der Waals surface area contributed by atoms with Crippen molar-refractivity contribution in [3.05, 3.63) is 48.3 Å². The van der Waals surface area contributed by atoms with Crippen molar-refractivity contribution in [2.24, 2.45) is 0 Å². The number of hydrogen-bond acceptors (Lipinski definition) is 7. The van der Waals surface area contributed by atoms with Crippen molar-refractivity contribution in [2.75, 3.05) is 51.3 Å². The van der Waals surface area contributed by atoms with Gasteiger partial charge in [-0.3, -0.25) is 0 Å². The molecular weight excluding hydrogens is 485 g/mol. The predicted octanol–water partition coefficient (Wildman–Crippen LogP) is 1.80. The summed E-state index contributed by atoms with van der Waals surface area (Å²) in [5.74, 6) is -0.316. The zero-order valence-corrected chi connectivity index (χ0v) is 20.4. The van der Waals surface area contributed by atoms with Gasteiger partial charge in [-0.25, -0.2) is 25.9 Å². The summed E-state index contributed by atoms with van der Waals surface area (Å²) in [6.45, 7) is 1.66. The molecule has 2 saturated heterocycles. The van der Waals surface area contributed by atoms with Gasteiger partial charge >= 0.3 is 0 Å². The van der Waals surface area contributed by atoms with Crippen LogP contribution in [0.3, 0.4) is 0 Å². The fourth-order valence-corrected chi connectivity index (χ4v) is 6.71. The standard InChI is InChI=1S/C22H28FN3O6S2/c1-31-21-9-8-18(33(27,28)24-16-17-5-4-14-32-17)15-20(21)25-10-12-26(13-11-25)34(29,30)22-7-3-2-6-19(22)23/h2-3,6-9,15,17,24H,4-5,10-14,16H2,1H3/t17-/m1/s1. The van der Waals surface area contributed by atoms with Gasteiger partial charge in [-0.05, 0) is 43.2 Å². The number of nitrogens with zero attached hydrogens (tertiary/aromatic N) is 2. The second kappa shape index (κ2) is 10.2. The van der Waals surface area contributed by atoms with E-state index in [1.807, 2.05) is 4.90 Å². The highest BCUT2D eigenvalue weighted by Gasteiger charge is 2.31. The van der Waals surface area contributed by atoms with E-state index < -0.39 is 25.9 Å². The number of rotatable bonds is 8. The van der Waals surface area contributed by atoms with Gasteiger partial charge in [0, 0.05) is 39.3 Å². The Hall–Kier alpha value is -2.25. The first-order valence-corrected chi connectivity index (χ1v) is 13.9. The SMILES string of the molecule is COc1ccc(S(=O)(=O)NC[C@H]2CCCO2)cc1N1CCN(S(=O)(=O)c2ccccc2F)CC1. The molecule has 2 aromatic carbocycles. The van der Waals surface area contributed by atoms with E-state index in [1.54, 1.807) is 6.07 Å². The number of ether oxygens (including phenoxy) is 2. The van der Waals surface area contributed by atoms with Crippen molar-refractivity contribution in [1.29, 1.82) is 0 Å². The van der Waals surface area contributed by atoms with Crippen LogP contribution in [0.15, 0.2) is 52.3 Å². The van der Waals surface area contributed by atoms with E-state index in [0.717, 1.165) is 18.9 Å². The fourth-order valence-electron chi connectivity index (χ4n) is 4.14. The Morgan fingerprint density at radius 1 is 1.09 bits per heavy atom. The molecule has 0 unspecified atom stereocenters. The zero-order valence-electron chi connectivity index (χ0n) is 18.8. The van der Waals surface area contributed by atoms with Crippen LogP contribution in [0.2, 0.25) is 0 Å². The number of benzene rings is 2. The van der Waals surface area contributed by atoms with Crippen molar-refractivity contribution in [2.45, 2.75) is 28.7 Å². The third-order valence-electron chi connectivity index (χ3n) is 6.02. The number of hydrogen-bond donors (Lipinski definition) is 1. The first-order chi connectivity index (χ1) is 16.2. The average molecular weight is 514 g/mol. The van der Waals surface area contributed by atoms with Crippen LogP contribution in [0.5, 0.6) is 5.75 Å². The van der Waals surface area contributed by atoms with Crippen molar-refractivity contribution in [3.63, 3.8) is 0 Å². The Morgan fingerprint density at radius 3 is 2.47 bits per heavy atom. The van der Waals surface area contributed by atoms with E-state index in [4.69, 9.17) is 9.47 Å². The van der Waals surface area contributed by atoms with Crippen molar-refractivity contribution >= 4 is 25.7 Å². The first-order valence-electron chi connectivity index (χ1n) is 11.0. The number of anilines is 1. The molecule has 9 nitrogen and oxygen atoms in total. The Kier molecular flexibility index (Phi) is 7.43. The van der Waals surface area contributed by atoms with Crippen molar-refractivity contribution < 1.29 is 30.7 Å². The molecule has 2 heterocycles. The molecule has 2 aliphatic heterocycles. The zero-order chi connectivity index (χ0) is 24.3. The maximum atomic E-state index is 14.1. The molecule has 0 aromatic heterocycles. The summed E-state index contributed by atoms with van der Waals surface area (Å²) in [4.78, 5) is 1.60. The van der Waals surface area contributed by atoms with E-state index >= 15 is 0 Å². The Labute approximate surface area is 199 Å². The maximum absolute atomic E-state index is 14.1. The quantitative estimate of drug-likeness (QED) is 0.574. The fraction of sp³-hybridized carbons (Fsp3) is 0.455. The van der Waals surface area contributed by atoms with Crippen LogP contribution >= 0.6 is 0 Å². The van der Waals surface area contributed by atoms with Gasteiger partial charge in [0.2, 0.25) is 20.0 Å². The molecule has 0 saturated carbocycles. The van der Waals surface area contributed by atoms with Gasteiger partial charge in [-0.1, -0.05) is 12.1 Å². The van der Waals surface area contributed by atoms with Gasteiger partial charge in [0.1, 0.15) is 16.5 Å². The lowest BCUT2D eigenvalue weighted by Gasteiger charge is -2.36. The summed E-state index contributed by atoms with van der Waals surface area (Å²) in [7, 11) is -6.26. The molecule has 12 heteroatoms. The summed E-state index contributed by atoms with van der Waals surface area (Å²) in [6.07, 6.45) is 1.60. The van der Waals surface area contributed by atoms with Crippen LogP contribution < -0.4 is 14.4 Å². The van der Waals surface area contributed by atoms with Crippen molar-refractivity contribution in [1.82, 2.24) is 9.03 Å². The maximum Gasteiger partial charge on any atom is 0.246 e. The lowest BCUT2D eigenvalue weighted by atomic mass is 10.2. The summed E-state index contributed by atoms with van der Waals surface area (Å²) in [5, 5.41) is 0. The molecule has 2 aliphatic rings. The van der Waals surface area contributed by atoms with Crippen molar-refractivity contribution in [3.8, 4) is 5.75 Å². The smallest absolute Gasteiger partial charge is 0.246 e. The molecule has 2 fully saturated rings. The van der Waals surface area contributed by atoms with Crippen LogP contribution in [-0.4, -0.2) is 73.7 Å². The minimum atomic E-state index is -3.98. The molecule has 0 bridgehead atoms. The summed E-state index contributed by atoms with van der Waals surface area (Å²) < 4.78 is 80.3. The van der Waals surface area contributed by atoms with Crippen LogP contribution in [-0.2, 0) is 24.8 Å². The number of piperazine rings is 1. The lowest BCUT2D eigenvalue weighted by Crippen LogP contribution is -2.49. The second-order valence-electron chi connectivity index (χ2n) is 8.14. The molecule has 1 N–H and O–H groups in total. The molecule has 34 heavy (non-hydrogen) atoms. The molecule has 1 atom stereocenters. The number of nitrogens with one attached hydrogen (secondary N) is 1. The number of halogens is 1. The molecular formula is C22H28FN3O6S2. The molecule has 0 spiro atoms. The molecule has 0 aliphatic carbocycles. The minimum Gasteiger partial charge on any atom is -0.495 e. The summed E-state index contributed by atoms with van der Waals surface area (Å²) in [6, 6.07) is 9.87. The number of sulfonamides is 2. The highest BCUT2D eigenvalue weighted by Crippen LogP contribution is 2.32. The Morgan fingerprint density at radius 2 is 1.82 bits per heavy atom. The van der Waals surface area contributed by atoms with E-state index in [0.29, 0.717) is 18.0 Å². The Bertz CT molecular complexity index is 1220. The normalized spacial score (nSPS) is 19.9. The first kappa shape index (κ1) is 24.9. The van der Waals surface area contributed by atoms with Gasteiger partial charge in [0.05, 0.1) is 23.8 Å². The highest BCUT2D eigenvalue weighted by molar-refractivity contribution is 7.89. The largest absolute Gasteiger partial charge is 0.495 e. The van der Waals surface area contributed by atoms with Crippen LogP contribution in [0.25, 0.3) is 0 Å². The monoisotopic (exact) mass is 513 g/mol. The summed E-state index contributed by atoms with van der Waals surface area (Å²) >= 11 is 0. The molecule has 0 radical (unpaired) electrons. The second-order valence-corrected chi connectivity index (χ2v) is 11.8. The third kappa shape index (κ3) is 5.20. The van der Waals surface area contributed by atoms with Crippen LogP contribution in [0, 0.1) is 5.82 Å². The van der Waals surface area contributed by atoms with E-state index in [2.05, 4.69) is 4.72 Å². The van der Waals surface area contributed by atoms with Gasteiger partial charge in [-0.15, -0.1) is 0 Å². The number of methoxy groups -OCH3 is 1. The Balaban J connectivity index is 1.49. The van der Waals surface area contributed by atoms with Gasteiger partial charge in [0.15, 0.2) is 0 Å². The molecule has 0 amide bonds. The van der Waals surface area contributed by atoms with Gasteiger partial charge < -0.3 is 14.4 Å². The van der Waals surface area contributed by atoms with E-state index in [1.165, 1.54) is 41.7 Å². The topological polar surface area (TPSA) is 105 Å². The van der Waals surface area contributed by atoms with E-state index in [9.17, 15) is 21.2 Å². The molecule has 2 aromatic rings. The van der Waals surface area contributed by atoms with E-state index in [-0.39, 0.29) is 48.6 Å².